The summed E-state index contributed by atoms with van der Waals surface area (Å²) in [6.45, 7) is 6.25. The Labute approximate surface area is 117 Å². The number of aryl methyl sites for hydroxylation is 1. The summed E-state index contributed by atoms with van der Waals surface area (Å²) in [5.41, 5.74) is 1.50. The summed E-state index contributed by atoms with van der Waals surface area (Å²) in [6.07, 6.45) is 1.67. The summed E-state index contributed by atoms with van der Waals surface area (Å²) in [7, 11) is -3.91. The predicted octanol–water partition coefficient (Wildman–Crippen LogP) is 0.952. The second kappa shape index (κ2) is 5.29. The molecule has 2 aromatic heterocycles. The van der Waals surface area contributed by atoms with Gasteiger partial charge in [0.05, 0.1) is 0 Å². The maximum atomic E-state index is 11.6. The van der Waals surface area contributed by atoms with Gasteiger partial charge in [0, 0.05) is 24.0 Å². The van der Waals surface area contributed by atoms with Crippen LogP contribution in [0.1, 0.15) is 19.5 Å². The first-order valence-electron chi connectivity index (χ1n) is 6.18. The van der Waals surface area contributed by atoms with E-state index in [1.165, 1.54) is 4.57 Å². The SMILES string of the molecule is Cc1ncccc1-c1nnc(S(N)(=O)=O)n1CC(C)C. The van der Waals surface area contributed by atoms with Crippen LogP contribution in [0.25, 0.3) is 11.4 Å². The highest BCUT2D eigenvalue weighted by Gasteiger charge is 2.23. The summed E-state index contributed by atoms with van der Waals surface area (Å²) in [5, 5.41) is 12.7. The van der Waals surface area contributed by atoms with Crippen LogP contribution in [0.5, 0.6) is 0 Å². The molecular weight excluding hydrogens is 278 g/mol. The van der Waals surface area contributed by atoms with E-state index in [9.17, 15) is 8.42 Å². The fraction of sp³-hybridized carbons (Fsp3) is 0.417. The van der Waals surface area contributed by atoms with Crippen LogP contribution in [0.4, 0.5) is 0 Å². The average Bonchev–Trinajstić information content (AvgIpc) is 2.72. The molecule has 0 saturated carbocycles. The van der Waals surface area contributed by atoms with Crippen LogP contribution >= 0.6 is 0 Å². The van der Waals surface area contributed by atoms with Gasteiger partial charge in [0.15, 0.2) is 5.82 Å². The number of nitrogens with zero attached hydrogens (tertiary/aromatic N) is 4. The van der Waals surface area contributed by atoms with Crippen molar-refractivity contribution in [2.24, 2.45) is 11.1 Å². The van der Waals surface area contributed by atoms with Crippen LogP contribution in [0, 0.1) is 12.8 Å². The lowest BCUT2D eigenvalue weighted by Gasteiger charge is -2.12. The number of hydrogen-bond acceptors (Lipinski definition) is 5. The van der Waals surface area contributed by atoms with E-state index in [0.717, 1.165) is 11.3 Å². The number of sulfonamides is 1. The van der Waals surface area contributed by atoms with Gasteiger partial charge in [-0.05, 0) is 25.0 Å². The van der Waals surface area contributed by atoms with Crippen LogP contribution in [-0.4, -0.2) is 28.2 Å². The third-order valence-electron chi connectivity index (χ3n) is 2.77. The summed E-state index contributed by atoms with van der Waals surface area (Å²) in [5.74, 6) is 0.690. The quantitative estimate of drug-likeness (QED) is 0.904. The Morgan fingerprint density at radius 2 is 2.05 bits per heavy atom. The second-order valence-corrected chi connectivity index (χ2v) is 6.45. The van der Waals surface area contributed by atoms with Gasteiger partial charge in [-0.1, -0.05) is 13.8 Å². The first kappa shape index (κ1) is 14.6. The van der Waals surface area contributed by atoms with E-state index in [0.29, 0.717) is 12.4 Å². The van der Waals surface area contributed by atoms with E-state index in [4.69, 9.17) is 5.14 Å². The fourth-order valence-corrected chi connectivity index (χ4v) is 2.57. The molecule has 0 bridgehead atoms. The number of primary sulfonamides is 1. The molecule has 2 rings (SSSR count). The molecule has 20 heavy (non-hydrogen) atoms. The Morgan fingerprint density at radius 1 is 1.35 bits per heavy atom. The molecule has 7 nitrogen and oxygen atoms in total. The highest BCUT2D eigenvalue weighted by Crippen LogP contribution is 2.23. The first-order valence-corrected chi connectivity index (χ1v) is 7.73. The lowest BCUT2D eigenvalue weighted by molar-refractivity contribution is 0.486. The molecule has 0 amide bonds. The van der Waals surface area contributed by atoms with E-state index >= 15 is 0 Å². The topological polar surface area (TPSA) is 104 Å². The fourth-order valence-electron chi connectivity index (χ4n) is 1.95. The molecule has 8 heteroatoms. The highest BCUT2D eigenvalue weighted by atomic mass is 32.2. The largest absolute Gasteiger partial charge is 0.296 e. The maximum Gasteiger partial charge on any atom is 0.273 e. The highest BCUT2D eigenvalue weighted by molar-refractivity contribution is 7.89. The smallest absolute Gasteiger partial charge is 0.273 e. The molecule has 0 aliphatic heterocycles. The van der Waals surface area contributed by atoms with Crippen molar-refractivity contribution in [2.75, 3.05) is 0 Å². The number of nitrogens with two attached hydrogens (primary N) is 1. The number of pyridine rings is 1. The third-order valence-corrected chi connectivity index (χ3v) is 3.58. The zero-order valence-corrected chi connectivity index (χ0v) is 12.4. The predicted molar refractivity (Wildman–Crippen MR) is 74.2 cm³/mol. The molecule has 2 aromatic rings. The Balaban J connectivity index is 2.66. The Morgan fingerprint density at radius 3 is 2.60 bits per heavy atom. The van der Waals surface area contributed by atoms with Gasteiger partial charge in [-0.25, -0.2) is 13.6 Å². The Bertz CT molecular complexity index is 721. The summed E-state index contributed by atoms with van der Waals surface area (Å²) in [4.78, 5) is 4.19. The van der Waals surface area contributed by atoms with Crippen LogP contribution in [-0.2, 0) is 16.6 Å². The minimum Gasteiger partial charge on any atom is -0.296 e. The molecular formula is C12H17N5O2S. The molecule has 0 fully saturated rings. The van der Waals surface area contributed by atoms with Gasteiger partial charge in [0.25, 0.3) is 15.2 Å². The van der Waals surface area contributed by atoms with E-state index in [1.54, 1.807) is 12.3 Å². The molecule has 108 valence electrons. The van der Waals surface area contributed by atoms with Crippen molar-refractivity contribution in [2.45, 2.75) is 32.5 Å². The molecule has 2 heterocycles. The van der Waals surface area contributed by atoms with Crippen LogP contribution in [0.15, 0.2) is 23.5 Å². The Kier molecular flexibility index (Phi) is 3.87. The van der Waals surface area contributed by atoms with E-state index in [2.05, 4.69) is 15.2 Å². The van der Waals surface area contributed by atoms with Gasteiger partial charge in [0.2, 0.25) is 0 Å². The zero-order chi connectivity index (χ0) is 14.9. The van der Waals surface area contributed by atoms with Crippen LogP contribution in [0.2, 0.25) is 0 Å². The third kappa shape index (κ3) is 2.86. The maximum absolute atomic E-state index is 11.6. The standard InChI is InChI=1S/C12H17N5O2S/c1-8(2)7-17-11(10-5-4-6-14-9(10)3)15-16-12(17)20(13,18)19/h4-6,8H,7H2,1-3H3,(H2,13,18,19). The van der Waals surface area contributed by atoms with Gasteiger partial charge in [-0.2, -0.15) is 0 Å². The summed E-state index contributed by atoms with van der Waals surface area (Å²) < 4.78 is 24.7. The minimum atomic E-state index is -3.91. The van der Waals surface area contributed by atoms with Crippen molar-refractivity contribution < 1.29 is 8.42 Å². The number of hydrogen-bond donors (Lipinski definition) is 1. The van der Waals surface area contributed by atoms with E-state index in [-0.39, 0.29) is 11.1 Å². The van der Waals surface area contributed by atoms with Gasteiger partial charge in [-0.3, -0.25) is 9.55 Å². The lowest BCUT2D eigenvalue weighted by Crippen LogP contribution is -2.20. The van der Waals surface area contributed by atoms with Gasteiger partial charge in [-0.15, -0.1) is 10.2 Å². The minimum absolute atomic E-state index is 0.218. The van der Waals surface area contributed by atoms with E-state index < -0.39 is 10.0 Å². The van der Waals surface area contributed by atoms with Crippen molar-refractivity contribution in [3.05, 3.63) is 24.0 Å². The van der Waals surface area contributed by atoms with Crippen LogP contribution < -0.4 is 5.14 Å². The monoisotopic (exact) mass is 295 g/mol. The lowest BCUT2D eigenvalue weighted by atomic mass is 10.2. The molecule has 0 spiro atoms. The molecule has 0 aliphatic carbocycles. The molecule has 0 atom stereocenters. The molecule has 0 aromatic carbocycles. The van der Waals surface area contributed by atoms with Gasteiger partial charge >= 0.3 is 0 Å². The van der Waals surface area contributed by atoms with Crippen molar-refractivity contribution in [1.82, 2.24) is 19.7 Å². The normalized spacial score (nSPS) is 12.1. The summed E-state index contributed by atoms with van der Waals surface area (Å²) >= 11 is 0. The van der Waals surface area contributed by atoms with Gasteiger partial charge in [0.1, 0.15) is 0 Å². The van der Waals surface area contributed by atoms with Crippen molar-refractivity contribution in [3.8, 4) is 11.4 Å². The van der Waals surface area contributed by atoms with Crippen LogP contribution in [0.3, 0.4) is 0 Å². The first-order chi connectivity index (χ1) is 9.30. The Hall–Kier alpha value is -1.80. The van der Waals surface area contributed by atoms with Crippen molar-refractivity contribution >= 4 is 10.0 Å². The van der Waals surface area contributed by atoms with E-state index in [1.807, 2.05) is 26.8 Å². The molecule has 2 N–H and O–H groups in total. The van der Waals surface area contributed by atoms with Crippen molar-refractivity contribution in [1.29, 1.82) is 0 Å². The zero-order valence-electron chi connectivity index (χ0n) is 11.6. The molecule has 0 aliphatic rings. The average molecular weight is 295 g/mol. The summed E-state index contributed by atoms with van der Waals surface area (Å²) in [6, 6.07) is 3.60. The van der Waals surface area contributed by atoms with Crippen molar-refractivity contribution in [3.63, 3.8) is 0 Å². The van der Waals surface area contributed by atoms with Gasteiger partial charge < -0.3 is 0 Å². The molecule has 0 saturated heterocycles. The number of aromatic nitrogens is 4. The molecule has 0 radical (unpaired) electrons. The second-order valence-electron chi connectivity index (χ2n) is 4.99. The number of rotatable bonds is 4. The molecule has 0 unspecified atom stereocenters.